The van der Waals surface area contributed by atoms with E-state index in [1.165, 1.54) is 29.7 Å². The van der Waals surface area contributed by atoms with Gasteiger partial charge in [-0.2, -0.15) is 0 Å². The fraction of sp³-hybridized carbons (Fsp3) is 0.576. The summed E-state index contributed by atoms with van der Waals surface area (Å²) in [6, 6.07) is 10.8. The molecule has 45 heavy (non-hydrogen) atoms. The van der Waals surface area contributed by atoms with Crippen LogP contribution in [0.15, 0.2) is 36.4 Å². The molecular weight excluding hydrogens is 600 g/mol. The van der Waals surface area contributed by atoms with Gasteiger partial charge < -0.3 is 29.7 Å². The Morgan fingerprint density at radius 1 is 0.933 bits per heavy atom. The van der Waals surface area contributed by atoms with E-state index in [1.54, 1.807) is 46.0 Å². The summed E-state index contributed by atoms with van der Waals surface area (Å²) in [5, 5.41) is 12.2. The third kappa shape index (κ3) is 8.32. The SMILES string of the molecule is CN(C(=O)OC(C)(C)C)c1ccc(NC(=O)c2ccc(NSCCO)cc2N2CCC3(CC2)CC3)cc1N1CCC(F)(F)CC1. The maximum atomic E-state index is 14.1. The summed E-state index contributed by atoms with van der Waals surface area (Å²) < 4.78 is 37.0. The van der Waals surface area contributed by atoms with E-state index in [4.69, 9.17) is 4.74 Å². The zero-order chi connectivity index (χ0) is 32.4. The Morgan fingerprint density at radius 2 is 1.53 bits per heavy atom. The quantitative estimate of drug-likeness (QED) is 0.199. The van der Waals surface area contributed by atoms with Crippen molar-refractivity contribution in [1.82, 2.24) is 0 Å². The Morgan fingerprint density at radius 3 is 2.16 bits per heavy atom. The topological polar surface area (TPSA) is 97.4 Å². The van der Waals surface area contributed by atoms with Gasteiger partial charge in [-0.1, -0.05) is 11.9 Å². The van der Waals surface area contributed by atoms with E-state index in [0.717, 1.165) is 37.3 Å². The number of rotatable bonds is 9. The number of hydrogen-bond donors (Lipinski definition) is 3. The minimum atomic E-state index is -2.73. The molecule has 9 nitrogen and oxygen atoms in total. The number of benzene rings is 2. The van der Waals surface area contributed by atoms with Crippen molar-refractivity contribution in [1.29, 1.82) is 0 Å². The summed E-state index contributed by atoms with van der Waals surface area (Å²) in [5.41, 5.74) is 3.58. The van der Waals surface area contributed by atoms with Gasteiger partial charge in [-0.25, -0.2) is 13.6 Å². The summed E-state index contributed by atoms with van der Waals surface area (Å²) in [6.07, 6.45) is 3.62. The number of aliphatic hydroxyl groups excluding tert-OH is 1. The van der Waals surface area contributed by atoms with Gasteiger partial charge >= 0.3 is 6.09 Å². The summed E-state index contributed by atoms with van der Waals surface area (Å²) in [7, 11) is 1.59. The molecule has 2 heterocycles. The second kappa shape index (κ2) is 13.2. The zero-order valence-corrected chi connectivity index (χ0v) is 27.4. The van der Waals surface area contributed by atoms with Crippen LogP contribution >= 0.6 is 11.9 Å². The second-order valence-corrected chi connectivity index (χ2v) is 14.3. The summed E-state index contributed by atoms with van der Waals surface area (Å²) >= 11 is 1.40. The first-order valence-corrected chi connectivity index (χ1v) is 16.7. The van der Waals surface area contributed by atoms with Crippen molar-refractivity contribution in [3.8, 4) is 0 Å². The van der Waals surface area contributed by atoms with Crippen molar-refractivity contribution in [3.63, 3.8) is 0 Å². The highest BCUT2D eigenvalue weighted by Crippen LogP contribution is 2.54. The van der Waals surface area contributed by atoms with E-state index in [1.807, 2.05) is 23.1 Å². The maximum absolute atomic E-state index is 14.1. The van der Waals surface area contributed by atoms with Gasteiger partial charge in [-0.15, -0.1) is 0 Å². The number of nitrogens with zero attached hydrogens (tertiary/aromatic N) is 3. The molecule has 0 atom stereocenters. The lowest BCUT2D eigenvalue weighted by molar-refractivity contribution is -0.0220. The van der Waals surface area contributed by atoms with E-state index >= 15 is 0 Å². The van der Waals surface area contributed by atoms with Crippen LogP contribution in [0.5, 0.6) is 0 Å². The third-order valence-electron chi connectivity index (χ3n) is 8.85. The van der Waals surface area contributed by atoms with Crippen molar-refractivity contribution in [3.05, 3.63) is 42.0 Å². The molecule has 0 unspecified atom stereocenters. The Bertz CT molecular complexity index is 1380. The van der Waals surface area contributed by atoms with Crippen LogP contribution in [-0.4, -0.2) is 74.2 Å². The number of amides is 2. The molecule has 0 radical (unpaired) electrons. The lowest BCUT2D eigenvalue weighted by atomic mass is 9.93. The van der Waals surface area contributed by atoms with E-state index in [-0.39, 0.29) is 38.4 Å². The molecule has 12 heteroatoms. The van der Waals surface area contributed by atoms with Gasteiger partial charge in [0.1, 0.15) is 5.60 Å². The Labute approximate surface area is 268 Å². The number of alkyl halides is 2. The van der Waals surface area contributed by atoms with Crippen molar-refractivity contribution in [2.24, 2.45) is 5.41 Å². The average molecular weight is 646 g/mol. The van der Waals surface area contributed by atoms with Crippen molar-refractivity contribution in [2.75, 3.05) is 70.3 Å². The number of ether oxygens (including phenoxy) is 1. The van der Waals surface area contributed by atoms with Gasteiger partial charge in [0, 0.05) is 63.2 Å². The first kappa shape index (κ1) is 33.1. The van der Waals surface area contributed by atoms with Crippen LogP contribution in [0.3, 0.4) is 0 Å². The molecule has 3 N–H and O–H groups in total. The molecule has 1 spiro atoms. The van der Waals surface area contributed by atoms with Gasteiger partial charge in [0.15, 0.2) is 0 Å². The molecule has 0 bridgehead atoms. The molecule has 2 aromatic rings. The summed E-state index contributed by atoms with van der Waals surface area (Å²) in [4.78, 5) is 32.3. The molecule has 2 aliphatic heterocycles. The second-order valence-electron chi connectivity index (χ2n) is 13.4. The monoisotopic (exact) mass is 645 g/mol. The van der Waals surface area contributed by atoms with Crippen LogP contribution in [0, 0.1) is 5.41 Å². The number of hydrogen-bond acceptors (Lipinski definition) is 8. The van der Waals surface area contributed by atoms with Gasteiger partial charge in [-0.3, -0.25) is 9.69 Å². The zero-order valence-electron chi connectivity index (χ0n) is 26.6. The highest BCUT2D eigenvalue weighted by atomic mass is 32.2. The molecule has 2 aromatic carbocycles. The minimum Gasteiger partial charge on any atom is -0.443 e. The third-order valence-corrected chi connectivity index (χ3v) is 9.61. The van der Waals surface area contributed by atoms with E-state index in [0.29, 0.717) is 33.8 Å². The number of piperidine rings is 2. The Balaban J connectivity index is 1.41. The smallest absolute Gasteiger partial charge is 0.414 e. The lowest BCUT2D eigenvalue weighted by Crippen LogP contribution is -2.41. The highest BCUT2D eigenvalue weighted by molar-refractivity contribution is 8.00. The Hall–Kier alpha value is -3.25. The van der Waals surface area contributed by atoms with Crippen LogP contribution < -0.4 is 24.7 Å². The molecule has 2 saturated heterocycles. The van der Waals surface area contributed by atoms with Crippen LogP contribution in [0.25, 0.3) is 0 Å². The van der Waals surface area contributed by atoms with Gasteiger partial charge in [0.2, 0.25) is 0 Å². The van der Waals surface area contributed by atoms with E-state index < -0.39 is 17.6 Å². The largest absolute Gasteiger partial charge is 0.443 e. The fourth-order valence-corrected chi connectivity index (χ4v) is 6.45. The van der Waals surface area contributed by atoms with Crippen molar-refractivity contribution >= 4 is 52.4 Å². The van der Waals surface area contributed by atoms with Crippen LogP contribution in [0.2, 0.25) is 0 Å². The van der Waals surface area contributed by atoms with Crippen molar-refractivity contribution in [2.45, 2.75) is 70.8 Å². The molecule has 3 aliphatic rings. The fourth-order valence-electron chi connectivity index (χ4n) is 5.97. The molecule has 1 aliphatic carbocycles. The summed E-state index contributed by atoms with van der Waals surface area (Å²) in [5.74, 6) is -2.48. The highest BCUT2D eigenvalue weighted by Gasteiger charge is 2.44. The number of carbonyl (C=O) groups excluding carboxylic acids is 2. The molecule has 0 aromatic heterocycles. The standard InChI is InChI=1S/C33H45F2N5O4S/c1-31(2,3)44-30(43)38(4)26-8-6-23(21-28(26)40-17-13-33(34,35)14-18-40)36-29(42)25-7-5-24(37-45-20-19-41)22-27(25)39-15-11-32(9-10-32)12-16-39/h5-8,21-22,37,41H,9-20H2,1-4H3,(H,36,42). The normalized spacial score (nSPS) is 18.8. The Kier molecular flexibility index (Phi) is 9.74. The average Bonchev–Trinajstić information content (AvgIpc) is 3.74. The number of aliphatic hydroxyl groups is 1. The number of anilines is 5. The number of nitrogens with one attached hydrogen (secondary N) is 2. The molecule has 5 rings (SSSR count). The van der Waals surface area contributed by atoms with E-state index in [9.17, 15) is 23.5 Å². The molecule has 2 amide bonds. The predicted molar refractivity (Wildman–Crippen MR) is 178 cm³/mol. The number of halogens is 2. The molecule has 1 saturated carbocycles. The lowest BCUT2D eigenvalue weighted by Gasteiger charge is -2.36. The van der Waals surface area contributed by atoms with Gasteiger partial charge in [0.25, 0.3) is 11.8 Å². The van der Waals surface area contributed by atoms with Gasteiger partial charge in [-0.05, 0) is 88.3 Å². The molecular formula is C33H45F2N5O4S. The van der Waals surface area contributed by atoms with Crippen LogP contribution in [-0.2, 0) is 4.74 Å². The maximum Gasteiger partial charge on any atom is 0.414 e. The van der Waals surface area contributed by atoms with E-state index in [2.05, 4.69) is 14.9 Å². The first-order valence-electron chi connectivity index (χ1n) is 15.7. The minimum absolute atomic E-state index is 0.0629. The van der Waals surface area contributed by atoms with Crippen LogP contribution in [0.1, 0.15) is 69.7 Å². The van der Waals surface area contributed by atoms with Crippen molar-refractivity contribution < 1.29 is 28.2 Å². The van der Waals surface area contributed by atoms with Crippen LogP contribution in [0.4, 0.5) is 42.0 Å². The predicted octanol–water partition coefficient (Wildman–Crippen LogP) is 6.98. The van der Waals surface area contributed by atoms with Gasteiger partial charge in [0.05, 0.1) is 29.2 Å². The molecule has 3 fully saturated rings. The molecule has 246 valence electrons. The first-order chi connectivity index (χ1) is 21.3. The number of carbonyl (C=O) groups is 2. The summed E-state index contributed by atoms with van der Waals surface area (Å²) in [6.45, 7) is 7.39.